The number of hydrogen-bond donors (Lipinski definition) is 4. The van der Waals surface area contributed by atoms with Crippen molar-refractivity contribution in [2.45, 2.75) is 6.61 Å². The summed E-state index contributed by atoms with van der Waals surface area (Å²) in [5.41, 5.74) is 16.7. The Balaban J connectivity index is 1.07. The molecular weight excluding hydrogens is 544 g/mol. The lowest BCUT2D eigenvalue weighted by Gasteiger charge is -2.11. The van der Waals surface area contributed by atoms with Gasteiger partial charge in [-0.25, -0.2) is 9.97 Å². The van der Waals surface area contributed by atoms with Gasteiger partial charge in [-0.1, -0.05) is 36.4 Å². The highest BCUT2D eigenvalue weighted by Crippen LogP contribution is 2.31. The molecule has 0 aliphatic carbocycles. The molecule has 0 atom stereocenters. The number of para-hydroxylation sites is 1. The van der Waals surface area contributed by atoms with Gasteiger partial charge < -0.3 is 26.8 Å². The second-order valence-corrected chi connectivity index (χ2v) is 10.5. The number of ether oxygens (including phenoxy) is 1. The molecule has 5 rings (SSSR count). The zero-order valence-electron chi connectivity index (χ0n) is 21.3. The fourth-order valence-corrected chi connectivity index (χ4v) is 5.03. The number of benzene rings is 3. The minimum atomic E-state index is -0.222. The fourth-order valence-electron chi connectivity index (χ4n) is 3.90. The van der Waals surface area contributed by atoms with Crippen molar-refractivity contribution in [1.29, 1.82) is 0 Å². The number of nitrogens with one attached hydrogen (secondary N) is 2. The number of nitrogens with zero attached hydrogens (tertiary/aromatic N) is 2. The molecule has 0 bridgehead atoms. The van der Waals surface area contributed by atoms with Crippen LogP contribution in [0.1, 0.15) is 26.3 Å². The molecule has 0 spiro atoms. The summed E-state index contributed by atoms with van der Waals surface area (Å²) in [5, 5.41) is 10.4. The van der Waals surface area contributed by atoms with Gasteiger partial charge in [-0.3, -0.25) is 9.59 Å². The number of rotatable bonds is 10. The third kappa shape index (κ3) is 6.63. The van der Waals surface area contributed by atoms with Gasteiger partial charge in [0, 0.05) is 46.1 Å². The molecule has 202 valence electrons. The van der Waals surface area contributed by atoms with Crippen LogP contribution in [0, 0.1) is 0 Å². The molecule has 0 saturated carbocycles. The molecule has 0 unspecified atom stereocenters. The first-order valence-electron chi connectivity index (χ1n) is 12.4. The number of nitrogen functional groups attached to an aromatic ring is 2. The molecule has 0 saturated heterocycles. The van der Waals surface area contributed by atoms with Crippen molar-refractivity contribution in [3.8, 4) is 28.3 Å². The van der Waals surface area contributed by atoms with E-state index in [1.165, 1.54) is 22.7 Å². The third-order valence-corrected chi connectivity index (χ3v) is 7.30. The molecular formula is C29H26N6O3S2. The number of thiazole rings is 2. The summed E-state index contributed by atoms with van der Waals surface area (Å²) in [5.74, 6) is 0.264. The van der Waals surface area contributed by atoms with Gasteiger partial charge in [-0.15, -0.1) is 22.7 Å². The maximum Gasteiger partial charge on any atom is 0.251 e. The maximum absolute atomic E-state index is 12.5. The highest BCUT2D eigenvalue weighted by Gasteiger charge is 2.11. The Hall–Kier alpha value is -4.74. The molecule has 0 radical (unpaired) electrons. The number of carbonyl (C=O) groups is 2. The topological polar surface area (TPSA) is 145 Å². The predicted molar refractivity (Wildman–Crippen MR) is 159 cm³/mol. The van der Waals surface area contributed by atoms with E-state index >= 15 is 0 Å². The molecule has 9 nitrogen and oxygen atoms in total. The van der Waals surface area contributed by atoms with Crippen molar-refractivity contribution in [3.63, 3.8) is 0 Å². The zero-order chi connectivity index (χ0) is 27.9. The maximum atomic E-state index is 12.5. The SMILES string of the molecule is Nc1nc(-c2ccc(C(=O)NCCNC(=O)c3ccc(COc4ccccc4-c4csc(N)n4)cc3)cc2)cs1. The van der Waals surface area contributed by atoms with E-state index in [1.807, 2.05) is 59.3 Å². The minimum absolute atomic E-state index is 0.220. The van der Waals surface area contributed by atoms with Crippen LogP contribution in [0.3, 0.4) is 0 Å². The lowest BCUT2D eigenvalue weighted by atomic mass is 10.1. The lowest BCUT2D eigenvalue weighted by Crippen LogP contribution is -2.34. The van der Waals surface area contributed by atoms with Crippen LogP contribution in [0.25, 0.3) is 22.5 Å². The molecule has 2 amide bonds. The Morgan fingerprint density at radius 2 is 1.27 bits per heavy atom. The first-order chi connectivity index (χ1) is 19.5. The molecule has 40 heavy (non-hydrogen) atoms. The van der Waals surface area contributed by atoms with Crippen molar-refractivity contribution in [2.75, 3.05) is 24.6 Å². The Morgan fingerprint density at radius 3 is 1.85 bits per heavy atom. The van der Waals surface area contributed by atoms with Gasteiger partial charge >= 0.3 is 0 Å². The summed E-state index contributed by atoms with van der Waals surface area (Å²) in [6.45, 7) is 0.928. The Labute approximate surface area is 238 Å². The van der Waals surface area contributed by atoms with Gasteiger partial charge in [-0.2, -0.15) is 0 Å². The van der Waals surface area contributed by atoms with Gasteiger partial charge in [0.2, 0.25) is 0 Å². The quantitative estimate of drug-likeness (QED) is 0.176. The first-order valence-corrected chi connectivity index (χ1v) is 14.1. The Morgan fingerprint density at radius 1 is 0.725 bits per heavy atom. The highest BCUT2D eigenvalue weighted by molar-refractivity contribution is 7.14. The molecule has 0 aliphatic rings. The van der Waals surface area contributed by atoms with E-state index in [4.69, 9.17) is 16.2 Å². The van der Waals surface area contributed by atoms with Crippen molar-refractivity contribution in [1.82, 2.24) is 20.6 Å². The molecule has 11 heteroatoms. The van der Waals surface area contributed by atoms with Crippen LogP contribution in [0.4, 0.5) is 10.3 Å². The molecule has 0 fully saturated rings. The van der Waals surface area contributed by atoms with Crippen LogP contribution < -0.4 is 26.8 Å². The lowest BCUT2D eigenvalue weighted by molar-refractivity contribution is 0.0927. The van der Waals surface area contributed by atoms with Crippen molar-refractivity contribution >= 4 is 44.8 Å². The van der Waals surface area contributed by atoms with E-state index in [2.05, 4.69) is 20.6 Å². The number of amides is 2. The van der Waals surface area contributed by atoms with Gasteiger partial charge in [0.1, 0.15) is 12.4 Å². The summed E-state index contributed by atoms with van der Waals surface area (Å²) in [6, 6.07) is 22.0. The van der Waals surface area contributed by atoms with Crippen molar-refractivity contribution < 1.29 is 14.3 Å². The van der Waals surface area contributed by atoms with E-state index in [9.17, 15) is 9.59 Å². The average molecular weight is 571 g/mol. The largest absolute Gasteiger partial charge is 0.488 e. The van der Waals surface area contributed by atoms with E-state index in [-0.39, 0.29) is 11.8 Å². The molecule has 0 aliphatic heterocycles. The number of aromatic nitrogens is 2. The van der Waals surface area contributed by atoms with Gasteiger partial charge in [0.25, 0.3) is 11.8 Å². The summed E-state index contributed by atoms with van der Waals surface area (Å²) in [4.78, 5) is 33.6. The second kappa shape index (κ2) is 12.4. The third-order valence-electron chi connectivity index (χ3n) is 5.96. The van der Waals surface area contributed by atoms with Crippen LogP contribution in [0.5, 0.6) is 5.75 Å². The minimum Gasteiger partial charge on any atom is -0.488 e. The second-order valence-electron chi connectivity index (χ2n) is 8.71. The molecule has 2 aromatic heterocycles. The number of anilines is 2. The first kappa shape index (κ1) is 26.9. The van der Waals surface area contributed by atoms with Gasteiger partial charge in [0.05, 0.1) is 11.4 Å². The monoisotopic (exact) mass is 570 g/mol. The van der Waals surface area contributed by atoms with Crippen LogP contribution in [0.15, 0.2) is 83.6 Å². The highest BCUT2D eigenvalue weighted by atomic mass is 32.1. The zero-order valence-corrected chi connectivity index (χ0v) is 22.9. The van der Waals surface area contributed by atoms with Crippen LogP contribution >= 0.6 is 22.7 Å². The van der Waals surface area contributed by atoms with Crippen LogP contribution in [-0.2, 0) is 6.61 Å². The van der Waals surface area contributed by atoms with E-state index in [0.29, 0.717) is 46.8 Å². The summed E-state index contributed by atoms with van der Waals surface area (Å²) in [7, 11) is 0. The average Bonchev–Trinajstić information content (AvgIpc) is 3.62. The van der Waals surface area contributed by atoms with Gasteiger partial charge in [-0.05, 0) is 42.0 Å². The number of carbonyl (C=O) groups excluding carboxylic acids is 2. The summed E-state index contributed by atoms with van der Waals surface area (Å²) >= 11 is 2.75. The molecule has 5 aromatic rings. The summed E-state index contributed by atoms with van der Waals surface area (Å²) < 4.78 is 6.03. The van der Waals surface area contributed by atoms with E-state index in [1.54, 1.807) is 24.3 Å². The van der Waals surface area contributed by atoms with E-state index < -0.39 is 0 Å². The smallest absolute Gasteiger partial charge is 0.251 e. The molecule has 6 N–H and O–H groups in total. The predicted octanol–water partition coefficient (Wildman–Crippen LogP) is 4.84. The molecule has 3 aromatic carbocycles. The van der Waals surface area contributed by atoms with Crippen molar-refractivity contribution in [2.24, 2.45) is 0 Å². The number of hydrogen-bond acceptors (Lipinski definition) is 9. The molecule has 2 heterocycles. The Kier molecular flexibility index (Phi) is 8.33. The fraction of sp³-hybridized carbons (Fsp3) is 0.103. The van der Waals surface area contributed by atoms with Crippen molar-refractivity contribution in [3.05, 3.63) is 100 Å². The van der Waals surface area contributed by atoms with Gasteiger partial charge in [0.15, 0.2) is 10.3 Å². The number of nitrogens with two attached hydrogens (primary N) is 2. The van der Waals surface area contributed by atoms with Crippen LogP contribution in [0.2, 0.25) is 0 Å². The Bertz CT molecular complexity index is 1610. The standard InChI is InChI=1S/C29H26N6O3S2/c30-28-34-23(16-39-28)19-9-11-21(12-10-19)27(37)33-14-13-32-26(36)20-7-5-18(6-8-20)15-38-25-4-2-1-3-22(25)24-17-40-29(31)35-24/h1-12,16-17H,13-15H2,(H2,30,34)(H2,31,35)(H,32,36)(H,33,37). The van der Waals surface area contributed by atoms with Crippen LogP contribution in [-0.4, -0.2) is 34.9 Å². The van der Waals surface area contributed by atoms with E-state index in [0.717, 1.165) is 28.1 Å². The summed E-state index contributed by atoms with van der Waals surface area (Å²) in [6.07, 6.45) is 0. The normalized spacial score (nSPS) is 10.7.